The first-order valence-corrected chi connectivity index (χ1v) is 6.32. The highest BCUT2D eigenvalue weighted by Crippen LogP contribution is 2.15. The number of methoxy groups -OCH3 is 1. The number of hydrogen-bond acceptors (Lipinski definition) is 4. The minimum atomic E-state index is -0.554. The number of likely N-dealkylation sites (N-methyl/N-ethyl adjacent to an activating group) is 1. The quantitative estimate of drug-likeness (QED) is 0.416. The molecule has 5 heteroatoms. The Kier molecular flexibility index (Phi) is 5.85. The van der Waals surface area contributed by atoms with Crippen molar-refractivity contribution in [3.63, 3.8) is 0 Å². The van der Waals surface area contributed by atoms with Crippen molar-refractivity contribution in [2.45, 2.75) is 19.3 Å². The highest BCUT2D eigenvalue weighted by molar-refractivity contribution is 5.91. The highest BCUT2D eigenvalue weighted by atomic mass is 16.5. The number of piperidine rings is 1. The van der Waals surface area contributed by atoms with Crippen LogP contribution in [0.3, 0.4) is 0 Å². The molecule has 18 heavy (non-hydrogen) atoms. The molecule has 0 N–H and O–H groups in total. The number of quaternary nitrogens is 1. The van der Waals surface area contributed by atoms with Crippen molar-refractivity contribution < 1.29 is 23.5 Å². The maximum absolute atomic E-state index is 11.3. The Morgan fingerprint density at radius 3 is 2.33 bits per heavy atom. The summed E-state index contributed by atoms with van der Waals surface area (Å²) in [5.74, 6) is -1.05. The van der Waals surface area contributed by atoms with Crippen LogP contribution in [0.15, 0.2) is 12.2 Å². The monoisotopic (exact) mass is 256 g/mol. The molecule has 102 valence electrons. The van der Waals surface area contributed by atoms with E-state index >= 15 is 0 Å². The molecule has 0 atom stereocenters. The Morgan fingerprint density at radius 1 is 1.11 bits per heavy atom. The maximum atomic E-state index is 11.3. The summed E-state index contributed by atoms with van der Waals surface area (Å²) in [5.41, 5.74) is 0. The number of carbonyl (C=O) groups excluding carboxylic acids is 2. The first kappa shape index (κ1) is 14.7. The molecule has 0 aliphatic carbocycles. The zero-order valence-corrected chi connectivity index (χ0v) is 11.2. The molecule has 0 aromatic carbocycles. The average molecular weight is 256 g/mol. The number of rotatable bonds is 5. The number of carbonyl (C=O) groups is 2. The smallest absolute Gasteiger partial charge is 0.331 e. The van der Waals surface area contributed by atoms with Crippen LogP contribution in [0.1, 0.15) is 19.3 Å². The molecular formula is C13H22NO4+. The Bertz CT molecular complexity index is 319. The minimum absolute atomic E-state index is 0.390. The van der Waals surface area contributed by atoms with Crippen molar-refractivity contribution in [3.05, 3.63) is 12.2 Å². The lowest BCUT2D eigenvalue weighted by molar-refractivity contribution is -0.914. The predicted octanol–water partition coefficient (Wildman–Crippen LogP) is 0.889. The molecule has 1 saturated heterocycles. The van der Waals surface area contributed by atoms with E-state index in [0.717, 1.165) is 36.3 Å². The van der Waals surface area contributed by atoms with Crippen LogP contribution in [-0.2, 0) is 19.1 Å². The zero-order chi connectivity index (χ0) is 13.4. The molecular weight excluding hydrogens is 234 g/mol. The van der Waals surface area contributed by atoms with Gasteiger partial charge in [0.25, 0.3) is 0 Å². The van der Waals surface area contributed by atoms with Gasteiger partial charge in [-0.15, -0.1) is 0 Å². The van der Waals surface area contributed by atoms with Gasteiger partial charge in [-0.05, 0) is 19.3 Å². The Morgan fingerprint density at radius 2 is 1.72 bits per heavy atom. The summed E-state index contributed by atoms with van der Waals surface area (Å²) < 4.78 is 10.4. The Balaban J connectivity index is 2.22. The average Bonchev–Trinajstić information content (AvgIpc) is 2.36. The molecule has 1 aliphatic rings. The lowest BCUT2D eigenvalue weighted by Gasteiger charge is -2.37. The second-order valence-corrected chi connectivity index (χ2v) is 4.87. The first-order chi connectivity index (χ1) is 8.56. The molecule has 0 aromatic heterocycles. The molecule has 1 heterocycles. The van der Waals surface area contributed by atoms with Crippen molar-refractivity contribution in [1.29, 1.82) is 0 Å². The molecule has 5 nitrogen and oxygen atoms in total. The fourth-order valence-electron chi connectivity index (χ4n) is 2.12. The van der Waals surface area contributed by atoms with Gasteiger partial charge in [-0.3, -0.25) is 0 Å². The zero-order valence-electron chi connectivity index (χ0n) is 11.2. The number of esters is 2. The summed E-state index contributed by atoms with van der Waals surface area (Å²) in [6, 6.07) is 0. The van der Waals surface area contributed by atoms with Gasteiger partial charge < -0.3 is 14.0 Å². The third-order valence-electron chi connectivity index (χ3n) is 3.33. The van der Waals surface area contributed by atoms with E-state index in [1.807, 2.05) is 0 Å². The van der Waals surface area contributed by atoms with Crippen LogP contribution >= 0.6 is 0 Å². The summed E-state index contributed by atoms with van der Waals surface area (Å²) in [5, 5.41) is 0. The van der Waals surface area contributed by atoms with E-state index in [4.69, 9.17) is 4.74 Å². The van der Waals surface area contributed by atoms with Gasteiger partial charge >= 0.3 is 11.9 Å². The molecule has 0 radical (unpaired) electrons. The van der Waals surface area contributed by atoms with Crippen LogP contribution < -0.4 is 0 Å². The van der Waals surface area contributed by atoms with Crippen LogP contribution in [-0.4, -0.2) is 56.8 Å². The van der Waals surface area contributed by atoms with Gasteiger partial charge in [-0.25, -0.2) is 9.59 Å². The summed E-state index contributed by atoms with van der Waals surface area (Å²) >= 11 is 0. The summed E-state index contributed by atoms with van der Waals surface area (Å²) in [6.45, 7) is 3.52. The van der Waals surface area contributed by atoms with Crippen LogP contribution in [0.25, 0.3) is 0 Å². The van der Waals surface area contributed by atoms with Crippen LogP contribution in [0, 0.1) is 0 Å². The van der Waals surface area contributed by atoms with Crippen LogP contribution in [0.5, 0.6) is 0 Å². The molecule has 0 saturated carbocycles. The third-order valence-corrected chi connectivity index (χ3v) is 3.33. The standard InChI is InChI=1S/C13H22NO4/c1-14(8-4-3-5-9-14)10-11-18-13(16)7-6-12(15)17-2/h6-7H,3-5,8-11H2,1-2H3/q+1/b7-6+. The number of nitrogens with zero attached hydrogens (tertiary/aromatic N) is 1. The molecule has 1 rings (SSSR count). The van der Waals surface area contributed by atoms with Gasteiger partial charge in [0.05, 0.1) is 27.2 Å². The van der Waals surface area contributed by atoms with Crippen molar-refractivity contribution >= 4 is 11.9 Å². The SMILES string of the molecule is COC(=O)/C=C/C(=O)OCC[N+]1(C)CCCCC1. The molecule has 0 bridgehead atoms. The van der Waals surface area contributed by atoms with Crippen LogP contribution in [0.2, 0.25) is 0 Å². The van der Waals surface area contributed by atoms with Crippen molar-refractivity contribution in [3.8, 4) is 0 Å². The van der Waals surface area contributed by atoms with Gasteiger partial charge in [0.2, 0.25) is 0 Å². The highest BCUT2D eigenvalue weighted by Gasteiger charge is 2.24. The number of likely N-dealkylation sites (tertiary alicyclic amines) is 1. The van der Waals surface area contributed by atoms with E-state index in [1.165, 1.54) is 26.4 Å². The van der Waals surface area contributed by atoms with E-state index in [0.29, 0.717) is 6.61 Å². The van der Waals surface area contributed by atoms with E-state index in [-0.39, 0.29) is 0 Å². The second kappa shape index (κ2) is 7.16. The minimum Gasteiger partial charge on any atom is -0.466 e. The largest absolute Gasteiger partial charge is 0.466 e. The lowest BCUT2D eigenvalue weighted by Crippen LogP contribution is -2.49. The summed E-state index contributed by atoms with van der Waals surface area (Å²) in [7, 11) is 3.46. The van der Waals surface area contributed by atoms with Gasteiger partial charge in [0, 0.05) is 12.2 Å². The summed E-state index contributed by atoms with van der Waals surface area (Å²) in [6.07, 6.45) is 5.95. The van der Waals surface area contributed by atoms with Crippen molar-refractivity contribution in [2.24, 2.45) is 0 Å². The van der Waals surface area contributed by atoms with Gasteiger partial charge in [0.1, 0.15) is 13.2 Å². The fraction of sp³-hybridized carbons (Fsp3) is 0.692. The van der Waals surface area contributed by atoms with Gasteiger partial charge in [-0.2, -0.15) is 0 Å². The van der Waals surface area contributed by atoms with E-state index < -0.39 is 11.9 Å². The second-order valence-electron chi connectivity index (χ2n) is 4.87. The maximum Gasteiger partial charge on any atom is 0.331 e. The predicted molar refractivity (Wildman–Crippen MR) is 66.8 cm³/mol. The normalized spacial score (nSPS) is 18.6. The third kappa shape index (κ3) is 5.31. The molecule has 1 fully saturated rings. The van der Waals surface area contributed by atoms with Gasteiger partial charge in [0.15, 0.2) is 0 Å². The number of ether oxygens (including phenoxy) is 2. The molecule has 0 aromatic rings. The summed E-state index contributed by atoms with van der Waals surface area (Å²) in [4.78, 5) is 22.1. The molecule has 0 unspecified atom stereocenters. The Labute approximate surface area is 108 Å². The van der Waals surface area contributed by atoms with Gasteiger partial charge in [-0.1, -0.05) is 0 Å². The van der Waals surface area contributed by atoms with Crippen molar-refractivity contribution in [2.75, 3.05) is 40.4 Å². The van der Waals surface area contributed by atoms with E-state index in [2.05, 4.69) is 11.8 Å². The van der Waals surface area contributed by atoms with Crippen molar-refractivity contribution in [1.82, 2.24) is 0 Å². The van der Waals surface area contributed by atoms with E-state index in [9.17, 15) is 9.59 Å². The fourth-order valence-corrected chi connectivity index (χ4v) is 2.12. The lowest BCUT2D eigenvalue weighted by atomic mass is 10.1. The molecule has 1 aliphatic heterocycles. The Hall–Kier alpha value is -1.36. The number of hydrogen-bond donors (Lipinski definition) is 0. The van der Waals surface area contributed by atoms with Crippen LogP contribution in [0.4, 0.5) is 0 Å². The van der Waals surface area contributed by atoms with E-state index in [1.54, 1.807) is 0 Å². The molecule has 0 spiro atoms. The molecule has 0 amide bonds. The first-order valence-electron chi connectivity index (χ1n) is 6.32. The topological polar surface area (TPSA) is 52.6 Å².